The van der Waals surface area contributed by atoms with Crippen molar-refractivity contribution in [3.05, 3.63) is 24.3 Å². The molecule has 4 unspecified atom stereocenters. The van der Waals surface area contributed by atoms with E-state index in [2.05, 4.69) is 37.8 Å². The Balaban J connectivity index is 2.38. The molecule has 0 aliphatic heterocycles. The average Bonchev–Trinajstić information content (AvgIpc) is 3.45. The number of rotatable bonds is 16. The summed E-state index contributed by atoms with van der Waals surface area (Å²) in [6, 6.07) is -3.99. The second kappa shape index (κ2) is 18.5. The van der Waals surface area contributed by atoms with Crippen molar-refractivity contribution in [2.24, 2.45) is 34.6 Å². The highest BCUT2D eigenvalue weighted by atomic mass is 16.3. The van der Waals surface area contributed by atoms with Crippen molar-refractivity contribution >= 4 is 35.8 Å². The van der Waals surface area contributed by atoms with Gasteiger partial charge in [-0.1, -0.05) is 74.7 Å². The van der Waals surface area contributed by atoms with Crippen molar-refractivity contribution in [1.82, 2.24) is 30.8 Å². The molecule has 0 radical (unpaired) electrons. The van der Waals surface area contributed by atoms with E-state index in [0.717, 1.165) is 24.2 Å². The lowest BCUT2D eigenvalue weighted by Crippen LogP contribution is -2.61. The number of nitrogens with zero attached hydrogens (tertiary/aromatic N) is 4. The van der Waals surface area contributed by atoms with E-state index in [1.807, 2.05) is 6.92 Å². The van der Waals surface area contributed by atoms with Crippen molar-refractivity contribution in [2.45, 2.75) is 112 Å². The van der Waals surface area contributed by atoms with Gasteiger partial charge in [0.05, 0.1) is 12.2 Å². The fourth-order valence-corrected chi connectivity index (χ4v) is 5.49. The normalized spacial score (nSPS) is 19.8. The Morgan fingerprint density at radius 3 is 2.20 bits per heavy atom. The Bertz CT molecular complexity index is 1210. The Labute approximate surface area is 272 Å². The minimum absolute atomic E-state index is 0.0407. The van der Waals surface area contributed by atoms with Crippen molar-refractivity contribution in [3.8, 4) is 0 Å². The third-order valence-electron chi connectivity index (χ3n) is 8.72. The van der Waals surface area contributed by atoms with Gasteiger partial charge in [0.1, 0.15) is 24.0 Å². The number of imide groups is 1. The molecule has 7 atom stereocenters. The van der Waals surface area contributed by atoms with Crippen LogP contribution in [0.2, 0.25) is 0 Å². The Hall–Kier alpha value is -3.58. The maximum Gasteiger partial charge on any atom is 0.324 e. The Morgan fingerprint density at radius 1 is 1.00 bits per heavy atom. The SMILES string of the molecule is CCC=NC(=O)C(=O)C(NC(=O)N(C[C@@H]1CCC[C@@H]1C)C(=O)C(NC(=O)C(NC(O)c1cnccn1)C(C)C)C(C)C)[C@@H](C)CC. The Kier molecular flexibility index (Phi) is 15.6. The highest BCUT2D eigenvalue weighted by molar-refractivity contribution is 6.39. The van der Waals surface area contributed by atoms with Crippen LogP contribution in [0.1, 0.15) is 99.4 Å². The fourth-order valence-electron chi connectivity index (χ4n) is 5.49. The van der Waals surface area contributed by atoms with E-state index in [1.165, 1.54) is 24.8 Å². The second-order valence-corrected chi connectivity index (χ2v) is 13.0. The molecule has 5 amide bonds. The van der Waals surface area contributed by atoms with E-state index in [9.17, 15) is 29.1 Å². The van der Waals surface area contributed by atoms with Crippen LogP contribution in [0.5, 0.6) is 0 Å². The predicted octanol–water partition coefficient (Wildman–Crippen LogP) is 3.19. The molecule has 1 aromatic rings. The molecule has 1 fully saturated rings. The van der Waals surface area contributed by atoms with Crippen LogP contribution >= 0.6 is 0 Å². The van der Waals surface area contributed by atoms with Crippen LogP contribution in [-0.4, -0.2) is 80.4 Å². The number of aliphatic hydroxyl groups is 1. The lowest BCUT2D eigenvalue weighted by Gasteiger charge is -2.34. The molecule has 4 N–H and O–H groups in total. The summed E-state index contributed by atoms with van der Waals surface area (Å²) < 4.78 is 0. The highest BCUT2D eigenvalue weighted by Gasteiger charge is 2.39. The zero-order valence-electron chi connectivity index (χ0n) is 28.5. The van der Waals surface area contributed by atoms with Crippen LogP contribution in [-0.2, 0) is 19.2 Å². The summed E-state index contributed by atoms with van der Waals surface area (Å²) in [5.41, 5.74) is 0.232. The molecular weight excluding hydrogens is 590 g/mol. The van der Waals surface area contributed by atoms with Gasteiger partial charge in [-0.05, 0) is 42.4 Å². The monoisotopic (exact) mass is 643 g/mol. The summed E-state index contributed by atoms with van der Waals surface area (Å²) in [6.07, 6.45) is 8.05. The predicted molar refractivity (Wildman–Crippen MR) is 174 cm³/mol. The molecule has 13 nitrogen and oxygen atoms in total. The topological polar surface area (TPSA) is 183 Å². The smallest absolute Gasteiger partial charge is 0.324 e. The maximum absolute atomic E-state index is 14.2. The molecule has 0 spiro atoms. The summed E-state index contributed by atoms with van der Waals surface area (Å²) in [7, 11) is 0. The molecule has 1 heterocycles. The lowest BCUT2D eigenvalue weighted by molar-refractivity contribution is -0.138. The number of nitrogens with one attached hydrogen (secondary N) is 3. The van der Waals surface area contributed by atoms with Crippen molar-refractivity contribution in [3.63, 3.8) is 0 Å². The van der Waals surface area contributed by atoms with Crippen LogP contribution in [0.25, 0.3) is 0 Å². The molecular formula is C33H53N7O6. The van der Waals surface area contributed by atoms with Gasteiger partial charge < -0.3 is 15.7 Å². The first-order valence-corrected chi connectivity index (χ1v) is 16.5. The second-order valence-electron chi connectivity index (χ2n) is 13.0. The van der Waals surface area contributed by atoms with E-state index in [4.69, 9.17) is 0 Å². The molecule has 256 valence electrons. The number of ketones is 1. The third-order valence-corrected chi connectivity index (χ3v) is 8.72. The van der Waals surface area contributed by atoms with Crippen molar-refractivity contribution < 1.29 is 29.1 Å². The number of aliphatic imine (C=N–C) groups is 1. The summed E-state index contributed by atoms with van der Waals surface area (Å²) in [6.45, 7) is 14.7. The van der Waals surface area contributed by atoms with Gasteiger partial charge in [-0.15, -0.1) is 0 Å². The van der Waals surface area contributed by atoms with E-state index < -0.39 is 65.7 Å². The van der Waals surface area contributed by atoms with Gasteiger partial charge in [0.2, 0.25) is 11.7 Å². The molecule has 0 aromatic carbocycles. The van der Waals surface area contributed by atoms with Crippen LogP contribution in [0.15, 0.2) is 23.6 Å². The summed E-state index contributed by atoms with van der Waals surface area (Å²) in [4.78, 5) is 80.3. The largest absolute Gasteiger partial charge is 0.373 e. The van der Waals surface area contributed by atoms with Crippen LogP contribution in [0.4, 0.5) is 4.79 Å². The summed E-state index contributed by atoms with van der Waals surface area (Å²) in [5, 5.41) is 19.1. The molecule has 1 saturated carbocycles. The van der Waals surface area contributed by atoms with E-state index in [-0.39, 0.29) is 30.0 Å². The van der Waals surface area contributed by atoms with Gasteiger partial charge in [-0.2, -0.15) is 0 Å². The number of aliphatic hydroxyl groups excluding tert-OH is 1. The molecule has 13 heteroatoms. The van der Waals surface area contributed by atoms with E-state index in [0.29, 0.717) is 12.8 Å². The van der Waals surface area contributed by atoms with Gasteiger partial charge in [-0.25, -0.2) is 9.79 Å². The first kappa shape index (κ1) is 38.6. The number of hydrogen-bond donors (Lipinski definition) is 4. The number of Topliss-reactive ketones (excluding diaryl/α,β-unsaturated/α-hetero) is 1. The number of amides is 5. The van der Waals surface area contributed by atoms with E-state index in [1.54, 1.807) is 41.5 Å². The third kappa shape index (κ3) is 10.8. The number of carbonyl (C=O) groups excluding carboxylic acids is 5. The van der Waals surface area contributed by atoms with Gasteiger partial charge in [0, 0.05) is 25.2 Å². The Morgan fingerprint density at radius 2 is 1.67 bits per heavy atom. The van der Waals surface area contributed by atoms with Gasteiger partial charge >= 0.3 is 11.9 Å². The molecule has 2 rings (SSSR count). The first-order valence-electron chi connectivity index (χ1n) is 16.5. The van der Waals surface area contributed by atoms with Gasteiger partial charge in [0.25, 0.3) is 5.91 Å². The maximum atomic E-state index is 14.2. The first-order chi connectivity index (χ1) is 21.7. The quantitative estimate of drug-likeness (QED) is 0.119. The van der Waals surface area contributed by atoms with Gasteiger partial charge in [-0.3, -0.25) is 39.4 Å². The summed E-state index contributed by atoms with van der Waals surface area (Å²) in [5.74, 6) is -3.77. The lowest BCUT2D eigenvalue weighted by atomic mass is 9.94. The highest BCUT2D eigenvalue weighted by Crippen LogP contribution is 2.32. The fraction of sp³-hybridized carbons (Fsp3) is 0.697. The zero-order chi connectivity index (χ0) is 34.6. The molecule has 1 aliphatic carbocycles. The standard InChI is InChI=1S/C33H53N7O6/c1-9-14-36-31(44)28(41)27(21(7)10-2)39-33(46)40(18-23-13-11-12-22(23)8)32(45)26(20(5)6)38-30(43)25(19(3)4)37-29(42)24-17-34-15-16-35-24/h14-17,19-23,25-27,29,37,42H,9-13,18H2,1-8H3,(H,38,43)(H,39,46)/t21-,22-,23-,25?,26?,27?,29?/m0/s1. The summed E-state index contributed by atoms with van der Waals surface area (Å²) >= 11 is 0. The average molecular weight is 644 g/mol. The zero-order valence-corrected chi connectivity index (χ0v) is 28.5. The van der Waals surface area contributed by atoms with Crippen molar-refractivity contribution in [2.75, 3.05) is 6.54 Å². The van der Waals surface area contributed by atoms with E-state index >= 15 is 0 Å². The van der Waals surface area contributed by atoms with Crippen LogP contribution in [0.3, 0.4) is 0 Å². The van der Waals surface area contributed by atoms with Crippen LogP contribution < -0.4 is 16.0 Å². The molecule has 0 saturated heterocycles. The molecule has 46 heavy (non-hydrogen) atoms. The van der Waals surface area contributed by atoms with Gasteiger partial charge in [0.15, 0.2) is 0 Å². The minimum Gasteiger partial charge on any atom is -0.373 e. The molecule has 0 bridgehead atoms. The number of aromatic nitrogens is 2. The van der Waals surface area contributed by atoms with Crippen molar-refractivity contribution in [1.29, 1.82) is 0 Å². The number of hydrogen-bond acceptors (Lipinski definition) is 9. The molecule has 1 aliphatic rings. The van der Waals surface area contributed by atoms with Crippen LogP contribution in [0, 0.1) is 29.6 Å². The molecule has 1 aromatic heterocycles. The number of urea groups is 1. The minimum atomic E-state index is -1.29. The number of carbonyl (C=O) groups is 5.